The lowest BCUT2D eigenvalue weighted by atomic mass is 10.1. The Morgan fingerprint density at radius 3 is 2.67 bits per heavy atom. The van der Waals surface area contributed by atoms with E-state index in [9.17, 15) is 0 Å². The maximum atomic E-state index is 5.77. The number of aromatic nitrogens is 1. The molecular formula is C12H19N3. The molecule has 1 aliphatic rings. The summed E-state index contributed by atoms with van der Waals surface area (Å²) in [6, 6.07) is 4.57. The molecule has 2 heterocycles. The molecule has 1 aliphatic heterocycles. The topological polar surface area (TPSA) is 42.2 Å². The zero-order valence-electron chi connectivity index (χ0n) is 9.70. The minimum absolute atomic E-state index is 0.593. The van der Waals surface area contributed by atoms with E-state index >= 15 is 0 Å². The van der Waals surface area contributed by atoms with Crippen molar-refractivity contribution in [3.63, 3.8) is 0 Å². The van der Waals surface area contributed by atoms with Crippen LogP contribution in [0.15, 0.2) is 12.1 Å². The van der Waals surface area contributed by atoms with E-state index in [0.29, 0.717) is 6.04 Å². The van der Waals surface area contributed by atoms with E-state index < -0.39 is 0 Å². The van der Waals surface area contributed by atoms with Crippen molar-refractivity contribution in [2.24, 2.45) is 5.92 Å². The van der Waals surface area contributed by atoms with Gasteiger partial charge in [-0.25, -0.2) is 4.98 Å². The van der Waals surface area contributed by atoms with Gasteiger partial charge in [0.2, 0.25) is 0 Å². The monoisotopic (exact) mass is 205 g/mol. The van der Waals surface area contributed by atoms with Gasteiger partial charge < -0.3 is 10.6 Å². The maximum Gasteiger partial charge on any atom is 0.129 e. The normalized spacial score (nSPS) is 25.9. The van der Waals surface area contributed by atoms with E-state index in [2.05, 4.69) is 23.7 Å². The summed E-state index contributed by atoms with van der Waals surface area (Å²) in [5, 5.41) is 0. The van der Waals surface area contributed by atoms with Gasteiger partial charge in [-0.3, -0.25) is 0 Å². The van der Waals surface area contributed by atoms with Gasteiger partial charge in [0.15, 0.2) is 0 Å². The highest BCUT2D eigenvalue weighted by atomic mass is 15.2. The van der Waals surface area contributed by atoms with Gasteiger partial charge in [0.25, 0.3) is 0 Å². The summed E-state index contributed by atoms with van der Waals surface area (Å²) in [5.74, 6) is 1.83. The lowest BCUT2D eigenvalue weighted by Crippen LogP contribution is -2.27. The third kappa shape index (κ3) is 1.91. The van der Waals surface area contributed by atoms with Gasteiger partial charge in [0, 0.05) is 12.6 Å². The fourth-order valence-corrected chi connectivity index (χ4v) is 2.34. The number of hydrogen-bond acceptors (Lipinski definition) is 3. The van der Waals surface area contributed by atoms with E-state index in [1.54, 1.807) is 0 Å². The van der Waals surface area contributed by atoms with Gasteiger partial charge in [0.05, 0.1) is 11.4 Å². The molecule has 0 saturated carbocycles. The molecule has 0 bridgehead atoms. The minimum Gasteiger partial charge on any atom is -0.397 e. The number of pyridine rings is 1. The first-order valence-electron chi connectivity index (χ1n) is 5.57. The van der Waals surface area contributed by atoms with Gasteiger partial charge >= 0.3 is 0 Å². The quantitative estimate of drug-likeness (QED) is 0.764. The molecule has 0 spiro atoms. The molecule has 3 nitrogen and oxygen atoms in total. The molecule has 1 aromatic rings. The zero-order chi connectivity index (χ0) is 11.0. The van der Waals surface area contributed by atoms with Crippen LogP contribution >= 0.6 is 0 Å². The van der Waals surface area contributed by atoms with Gasteiger partial charge in [-0.1, -0.05) is 6.92 Å². The SMILES string of the molecule is Cc1nc(N2CC(C)CC2C)ccc1N. The summed E-state index contributed by atoms with van der Waals surface area (Å²) in [6.07, 6.45) is 1.26. The average Bonchev–Trinajstić information content (AvgIpc) is 2.50. The number of hydrogen-bond donors (Lipinski definition) is 1. The van der Waals surface area contributed by atoms with Crippen LogP contribution in [0, 0.1) is 12.8 Å². The molecule has 2 rings (SSSR count). The van der Waals surface area contributed by atoms with Crippen LogP contribution in [0.5, 0.6) is 0 Å². The van der Waals surface area contributed by atoms with Crippen molar-refractivity contribution in [3.05, 3.63) is 17.8 Å². The molecule has 1 saturated heterocycles. The van der Waals surface area contributed by atoms with E-state index in [1.165, 1.54) is 6.42 Å². The Balaban J connectivity index is 2.26. The standard InChI is InChI=1S/C12H19N3/c1-8-6-9(2)15(7-8)12-5-4-11(13)10(3)14-12/h4-5,8-9H,6-7,13H2,1-3H3. The first-order valence-corrected chi connectivity index (χ1v) is 5.57. The van der Waals surface area contributed by atoms with Crippen LogP contribution < -0.4 is 10.6 Å². The lowest BCUT2D eigenvalue weighted by Gasteiger charge is -2.23. The van der Waals surface area contributed by atoms with Crippen molar-refractivity contribution in [2.75, 3.05) is 17.2 Å². The van der Waals surface area contributed by atoms with Crippen LogP contribution in [-0.2, 0) is 0 Å². The summed E-state index contributed by atoms with van der Waals surface area (Å²) in [5.41, 5.74) is 7.47. The Labute approximate surface area is 91.3 Å². The van der Waals surface area contributed by atoms with Crippen LogP contribution in [0.2, 0.25) is 0 Å². The molecule has 1 aromatic heterocycles. The highest BCUT2D eigenvalue weighted by molar-refractivity contribution is 5.51. The number of rotatable bonds is 1. The predicted octanol–water partition coefficient (Wildman–Crippen LogP) is 2.21. The van der Waals surface area contributed by atoms with Crippen LogP contribution in [0.3, 0.4) is 0 Å². The Kier molecular flexibility index (Phi) is 2.55. The van der Waals surface area contributed by atoms with E-state index in [-0.39, 0.29) is 0 Å². The van der Waals surface area contributed by atoms with Crippen LogP contribution in [0.1, 0.15) is 26.0 Å². The molecule has 0 aliphatic carbocycles. The molecule has 3 heteroatoms. The minimum atomic E-state index is 0.593. The Morgan fingerprint density at radius 2 is 2.13 bits per heavy atom. The molecule has 1 fully saturated rings. The number of nitrogens with two attached hydrogens (primary N) is 1. The van der Waals surface area contributed by atoms with Gasteiger partial charge in [-0.05, 0) is 38.3 Å². The second-order valence-corrected chi connectivity index (χ2v) is 4.69. The highest BCUT2D eigenvalue weighted by Crippen LogP contribution is 2.28. The maximum absolute atomic E-state index is 5.77. The predicted molar refractivity (Wildman–Crippen MR) is 64.0 cm³/mol. The molecule has 0 aromatic carbocycles. The van der Waals surface area contributed by atoms with Crippen molar-refractivity contribution >= 4 is 11.5 Å². The molecule has 0 amide bonds. The van der Waals surface area contributed by atoms with Crippen molar-refractivity contribution in [3.8, 4) is 0 Å². The summed E-state index contributed by atoms with van der Waals surface area (Å²) in [7, 11) is 0. The third-order valence-corrected chi connectivity index (χ3v) is 3.19. The van der Waals surface area contributed by atoms with Crippen molar-refractivity contribution < 1.29 is 0 Å². The van der Waals surface area contributed by atoms with Crippen LogP contribution in [0.25, 0.3) is 0 Å². The Hall–Kier alpha value is -1.25. The van der Waals surface area contributed by atoms with Crippen LogP contribution in [0.4, 0.5) is 11.5 Å². The molecule has 2 N–H and O–H groups in total. The van der Waals surface area contributed by atoms with E-state index in [4.69, 9.17) is 5.73 Å². The summed E-state index contributed by atoms with van der Waals surface area (Å²) in [6.45, 7) is 7.62. The average molecular weight is 205 g/mol. The fourth-order valence-electron chi connectivity index (χ4n) is 2.34. The Bertz CT molecular complexity index is 362. The molecule has 82 valence electrons. The van der Waals surface area contributed by atoms with Crippen LogP contribution in [-0.4, -0.2) is 17.6 Å². The van der Waals surface area contributed by atoms with Crippen molar-refractivity contribution in [2.45, 2.75) is 33.2 Å². The van der Waals surface area contributed by atoms with E-state index in [0.717, 1.165) is 29.7 Å². The molecular weight excluding hydrogens is 186 g/mol. The third-order valence-electron chi connectivity index (χ3n) is 3.19. The van der Waals surface area contributed by atoms with Gasteiger partial charge in [0.1, 0.15) is 5.82 Å². The molecule has 15 heavy (non-hydrogen) atoms. The smallest absolute Gasteiger partial charge is 0.129 e. The largest absolute Gasteiger partial charge is 0.397 e. The number of aryl methyl sites for hydroxylation is 1. The summed E-state index contributed by atoms with van der Waals surface area (Å²) >= 11 is 0. The Morgan fingerprint density at radius 1 is 1.40 bits per heavy atom. The van der Waals surface area contributed by atoms with E-state index in [1.807, 2.05) is 19.1 Å². The molecule has 0 radical (unpaired) electrons. The second-order valence-electron chi connectivity index (χ2n) is 4.69. The fraction of sp³-hybridized carbons (Fsp3) is 0.583. The number of nitrogen functional groups attached to an aromatic ring is 1. The van der Waals surface area contributed by atoms with Gasteiger partial charge in [-0.15, -0.1) is 0 Å². The second kappa shape index (κ2) is 3.72. The zero-order valence-corrected chi connectivity index (χ0v) is 9.70. The summed E-state index contributed by atoms with van der Waals surface area (Å²) in [4.78, 5) is 6.91. The molecule has 2 atom stereocenters. The first kappa shape index (κ1) is 10.3. The van der Waals surface area contributed by atoms with Gasteiger partial charge in [-0.2, -0.15) is 0 Å². The number of anilines is 2. The molecule has 2 unspecified atom stereocenters. The lowest BCUT2D eigenvalue weighted by molar-refractivity contribution is 0.625. The van der Waals surface area contributed by atoms with Crippen molar-refractivity contribution in [1.82, 2.24) is 4.98 Å². The summed E-state index contributed by atoms with van der Waals surface area (Å²) < 4.78 is 0. The van der Waals surface area contributed by atoms with Crippen molar-refractivity contribution in [1.29, 1.82) is 0 Å². The highest BCUT2D eigenvalue weighted by Gasteiger charge is 2.26. The first-order chi connectivity index (χ1) is 7.08. The number of nitrogens with zero attached hydrogens (tertiary/aromatic N) is 2.